The summed E-state index contributed by atoms with van der Waals surface area (Å²) in [6.07, 6.45) is 9.71. The van der Waals surface area contributed by atoms with Crippen LogP contribution in [-0.4, -0.2) is 5.78 Å². The Hall–Kier alpha value is -1.37. The van der Waals surface area contributed by atoms with Crippen LogP contribution in [0.4, 0.5) is 0 Å². The van der Waals surface area contributed by atoms with Gasteiger partial charge in [0.25, 0.3) is 0 Å². The molecule has 1 fully saturated rings. The van der Waals surface area contributed by atoms with Crippen molar-refractivity contribution in [2.75, 3.05) is 0 Å². The van der Waals surface area contributed by atoms with E-state index in [0.29, 0.717) is 11.7 Å². The maximum absolute atomic E-state index is 11.6. The molecular weight excluding hydrogens is 208 g/mol. The molecule has 2 aliphatic rings. The van der Waals surface area contributed by atoms with E-state index in [-0.39, 0.29) is 5.41 Å². The minimum Gasteiger partial charge on any atom is -0.295 e. The molecule has 0 heterocycles. The lowest BCUT2D eigenvalue weighted by Gasteiger charge is -2.44. The predicted octanol–water partition coefficient (Wildman–Crippen LogP) is 3.64. The first-order valence-electron chi connectivity index (χ1n) is 6.59. The number of carbonyl (C=O) groups is 1. The molecule has 0 unspecified atom stereocenters. The molecule has 0 amide bonds. The van der Waals surface area contributed by atoms with E-state index in [1.165, 1.54) is 31.2 Å². The van der Waals surface area contributed by atoms with Crippen LogP contribution < -0.4 is 0 Å². The van der Waals surface area contributed by atoms with Gasteiger partial charge < -0.3 is 0 Å². The van der Waals surface area contributed by atoms with Gasteiger partial charge in [-0.05, 0) is 30.4 Å². The first-order valence-corrected chi connectivity index (χ1v) is 6.59. The van der Waals surface area contributed by atoms with E-state index in [0.717, 1.165) is 6.42 Å². The lowest BCUT2D eigenvalue weighted by Crippen LogP contribution is -2.39. The third kappa shape index (κ3) is 1.74. The van der Waals surface area contributed by atoms with Crippen molar-refractivity contribution in [2.45, 2.75) is 37.5 Å². The van der Waals surface area contributed by atoms with E-state index < -0.39 is 0 Å². The Kier molecular flexibility index (Phi) is 2.62. The molecule has 0 spiro atoms. The van der Waals surface area contributed by atoms with Crippen molar-refractivity contribution >= 4 is 5.78 Å². The summed E-state index contributed by atoms with van der Waals surface area (Å²) in [5, 5.41) is 0. The molecule has 1 saturated carbocycles. The molecule has 17 heavy (non-hydrogen) atoms. The monoisotopic (exact) mass is 226 g/mol. The van der Waals surface area contributed by atoms with Crippen molar-refractivity contribution in [1.82, 2.24) is 0 Å². The number of hydrogen-bond donors (Lipinski definition) is 0. The Bertz CT molecular complexity index is 446. The zero-order valence-corrected chi connectivity index (χ0v) is 10.1. The van der Waals surface area contributed by atoms with E-state index in [9.17, 15) is 4.79 Å². The van der Waals surface area contributed by atoms with Crippen molar-refractivity contribution in [3.05, 3.63) is 48.0 Å². The average molecular weight is 226 g/mol. The maximum atomic E-state index is 11.6. The number of hydrogen-bond acceptors (Lipinski definition) is 1. The van der Waals surface area contributed by atoms with Gasteiger partial charge in [-0.25, -0.2) is 0 Å². The number of ketones is 1. The van der Waals surface area contributed by atoms with Crippen molar-refractivity contribution in [1.29, 1.82) is 0 Å². The molecule has 0 bridgehead atoms. The van der Waals surface area contributed by atoms with Crippen LogP contribution in [0.3, 0.4) is 0 Å². The van der Waals surface area contributed by atoms with Crippen LogP contribution in [0.2, 0.25) is 0 Å². The number of carbonyl (C=O) groups excluding carboxylic acids is 1. The van der Waals surface area contributed by atoms with E-state index in [1.54, 1.807) is 0 Å². The first-order chi connectivity index (χ1) is 8.31. The molecule has 0 aliphatic heterocycles. The Labute approximate surface area is 103 Å². The summed E-state index contributed by atoms with van der Waals surface area (Å²) in [4.78, 5) is 11.6. The van der Waals surface area contributed by atoms with Gasteiger partial charge in [0.1, 0.15) is 0 Å². The summed E-state index contributed by atoms with van der Waals surface area (Å²) >= 11 is 0. The standard InChI is InChI=1S/C16H18O/c17-15-9-11-16(13-6-2-1-3-7-13)10-5-4-8-14(16)12-15/h1-3,6-7,9,11,14H,4-5,8,10,12H2/t14-,16-/m1/s1. The number of rotatable bonds is 1. The Morgan fingerprint density at radius 2 is 1.94 bits per heavy atom. The van der Waals surface area contributed by atoms with Gasteiger partial charge >= 0.3 is 0 Å². The van der Waals surface area contributed by atoms with E-state index in [2.05, 4.69) is 36.4 Å². The summed E-state index contributed by atoms with van der Waals surface area (Å²) in [6.45, 7) is 0. The highest BCUT2D eigenvalue weighted by Crippen LogP contribution is 2.48. The van der Waals surface area contributed by atoms with Gasteiger partial charge in [0, 0.05) is 11.8 Å². The van der Waals surface area contributed by atoms with E-state index in [4.69, 9.17) is 0 Å². The smallest absolute Gasteiger partial charge is 0.155 e. The van der Waals surface area contributed by atoms with Crippen molar-refractivity contribution < 1.29 is 4.79 Å². The second-order valence-corrected chi connectivity index (χ2v) is 5.35. The summed E-state index contributed by atoms with van der Waals surface area (Å²) in [7, 11) is 0. The van der Waals surface area contributed by atoms with Crippen molar-refractivity contribution in [3.8, 4) is 0 Å². The summed E-state index contributed by atoms with van der Waals surface area (Å²) in [6, 6.07) is 10.7. The summed E-state index contributed by atoms with van der Waals surface area (Å²) < 4.78 is 0. The fraction of sp³-hybridized carbons (Fsp3) is 0.438. The zero-order valence-electron chi connectivity index (χ0n) is 10.1. The van der Waals surface area contributed by atoms with Crippen LogP contribution in [0.15, 0.2) is 42.5 Å². The normalized spacial score (nSPS) is 32.2. The van der Waals surface area contributed by atoms with Gasteiger partial charge in [-0.1, -0.05) is 49.2 Å². The van der Waals surface area contributed by atoms with Gasteiger partial charge in [-0.3, -0.25) is 4.79 Å². The number of fused-ring (bicyclic) bond motifs is 1. The molecule has 1 aromatic rings. The minimum atomic E-state index is 0.146. The molecular formula is C16H18O. The third-order valence-corrected chi connectivity index (χ3v) is 4.45. The van der Waals surface area contributed by atoms with Gasteiger partial charge in [0.15, 0.2) is 5.78 Å². The molecule has 1 heteroatoms. The van der Waals surface area contributed by atoms with Crippen LogP contribution >= 0.6 is 0 Å². The quantitative estimate of drug-likeness (QED) is 0.714. The predicted molar refractivity (Wildman–Crippen MR) is 68.8 cm³/mol. The van der Waals surface area contributed by atoms with Crippen LogP contribution in [0.5, 0.6) is 0 Å². The summed E-state index contributed by atoms with van der Waals surface area (Å²) in [5.41, 5.74) is 1.54. The van der Waals surface area contributed by atoms with Gasteiger partial charge in [0.05, 0.1) is 0 Å². The molecule has 0 aromatic heterocycles. The zero-order chi connectivity index (χ0) is 11.7. The lowest BCUT2D eigenvalue weighted by atomic mass is 9.59. The van der Waals surface area contributed by atoms with Crippen molar-refractivity contribution in [3.63, 3.8) is 0 Å². The maximum Gasteiger partial charge on any atom is 0.155 e. The second-order valence-electron chi connectivity index (χ2n) is 5.35. The average Bonchev–Trinajstić information content (AvgIpc) is 2.40. The molecule has 1 nitrogen and oxygen atoms in total. The largest absolute Gasteiger partial charge is 0.295 e. The second kappa shape index (κ2) is 4.14. The molecule has 0 radical (unpaired) electrons. The Morgan fingerprint density at radius 1 is 1.12 bits per heavy atom. The third-order valence-electron chi connectivity index (χ3n) is 4.45. The number of benzene rings is 1. The molecule has 2 atom stereocenters. The van der Waals surface area contributed by atoms with Crippen molar-refractivity contribution in [2.24, 2.45) is 5.92 Å². The highest BCUT2D eigenvalue weighted by atomic mass is 16.1. The highest BCUT2D eigenvalue weighted by Gasteiger charge is 2.42. The Morgan fingerprint density at radius 3 is 2.76 bits per heavy atom. The van der Waals surface area contributed by atoms with Gasteiger partial charge in [0.2, 0.25) is 0 Å². The van der Waals surface area contributed by atoms with Crippen LogP contribution in [-0.2, 0) is 10.2 Å². The molecule has 0 N–H and O–H groups in total. The molecule has 1 aromatic carbocycles. The molecule has 88 valence electrons. The molecule has 0 saturated heterocycles. The molecule has 3 rings (SSSR count). The van der Waals surface area contributed by atoms with Gasteiger partial charge in [-0.2, -0.15) is 0 Å². The Balaban J connectivity index is 2.07. The minimum absolute atomic E-state index is 0.146. The summed E-state index contributed by atoms with van der Waals surface area (Å²) in [5.74, 6) is 0.833. The molecule has 2 aliphatic carbocycles. The van der Waals surface area contributed by atoms with Crippen LogP contribution in [0, 0.1) is 5.92 Å². The topological polar surface area (TPSA) is 17.1 Å². The number of allylic oxidation sites excluding steroid dienone is 2. The fourth-order valence-corrected chi connectivity index (χ4v) is 3.55. The van der Waals surface area contributed by atoms with Crippen LogP contribution in [0.25, 0.3) is 0 Å². The fourth-order valence-electron chi connectivity index (χ4n) is 3.55. The van der Waals surface area contributed by atoms with Gasteiger partial charge in [-0.15, -0.1) is 0 Å². The lowest BCUT2D eigenvalue weighted by molar-refractivity contribution is -0.116. The van der Waals surface area contributed by atoms with Crippen LogP contribution in [0.1, 0.15) is 37.7 Å². The van der Waals surface area contributed by atoms with E-state index in [1.807, 2.05) is 6.08 Å². The SMILES string of the molecule is O=C1C=C[C@@]2(c3ccccc3)CCCC[C@@H]2C1. The first kappa shape index (κ1) is 10.8. The van der Waals surface area contributed by atoms with E-state index >= 15 is 0 Å². The highest BCUT2D eigenvalue weighted by molar-refractivity contribution is 5.91.